The number of piperazine rings is 1. The van der Waals surface area contributed by atoms with Crippen LogP contribution in [0.1, 0.15) is 0 Å². The first kappa shape index (κ1) is 19.4. The number of halogens is 1. The second kappa shape index (κ2) is 8.58. The average molecular weight is 394 g/mol. The van der Waals surface area contributed by atoms with Gasteiger partial charge in [-0.3, -0.25) is 0 Å². The molecule has 0 N–H and O–H groups in total. The molecule has 2 aromatic rings. The first-order valence-corrected chi connectivity index (χ1v) is 10.3. The lowest BCUT2D eigenvalue weighted by molar-refractivity contribution is 0.330. The molecule has 0 radical (unpaired) electrons. The number of nitrogens with zero attached hydrogens (tertiary/aromatic N) is 2. The van der Waals surface area contributed by atoms with Crippen molar-refractivity contribution in [3.8, 4) is 11.5 Å². The van der Waals surface area contributed by atoms with Gasteiger partial charge >= 0.3 is 0 Å². The average Bonchev–Trinajstić information content (AvgIpc) is 2.69. The molecule has 1 saturated heterocycles. The van der Waals surface area contributed by atoms with Crippen LogP contribution in [0.4, 0.5) is 10.1 Å². The Kier molecular flexibility index (Phi) is 6.18. The van der Waals surface area contributed by atoms with E-state index in [2.05, 4.69) is 4.90 Å². The van der Waals surface area contributed by atoms with E-state index in [1.165, 1.54) is 28.6 Å². The van der Waals surface area contributed by atoms with Crippen LogP contribution in [0.2, 0.25) is 0 Å². The van der Waals surface area contributed by atoms with Gasteiger partial charge in [0.2, 0.25) is 10.0 Å². The molecule has 1 fully saturated rings. The fourth-order valence-corrected chi connectivity index (χ4v) is 4.21. The van der Waals surface area contributed by atoms with Gasteiger partial charge in [0, 0.05) is 31.9 Å². The molecule has 0 bridgehead atoms. The van der Waals surface area contributed by atoms with E-state index in [1.54, 1.807) is 7.11 Å². The van der Waals surface area contributed by atoms with E-state index >= 15 is 0 Å². The molecular formula is C19H23FN2O4S. The molecule has 2 aromatic carbocycles. The second-order valence-corrected chi connectivity index (χ2v) is 8.29. The maximum Gasteiger partial charge on any atom is 0.217 e. The van der Waals surface area contributed by atoms with Crippen LogP contribution in [0.3, 0.4) is 0 Å². The van der Waals surface area contributed by atoms with Gasteiger partial charge in [-0.2, -0.15) is 4.31 Å². The van der Waals surface area contributed by atoms with E-state index in [9.17, 15) is 12.8 Å². The topological polar surface area (TPSA) is 59.1 Å². The van der Waals surface area contributed by atoms with Gasteiger partial charge in [0.25, 0.3) is 0 Å². The summed E-state index contributed by atoms with van der Waals surface area (Å²) in [4.78, 5) is 2.15. The van der Waals surface area contributed by atoms with Gasteiger partial charge in [0.15, 0.2) is 0 Å². The van der Waals surface area contributed by atoms with Crippen molar-refractivity contribution in [1.82, 2.24) is 4.31 Å². The van der Waals surface area contributed by atoms with E-state index in [0.29, 0.717) is 31.9 Å². The van der Waals surface area contributed by atoms with Crippen molar-refractivity contribution in [2.24, 2.45) is 0 Å². The number of sulfonamides is 1. The maximum atomic E-state index is 12.9. The molecule has 27 heavy (non-hydrogen) atoms. The molecule has 3 rings (SSSR count). The summed E-state index contributed by atoms with van der Waals surface area (Å²) in [6, 6.07) is 13.3. The summed E-state index contributed by atoms with van der Waals surface area (Å²) in [5.41, 5.74) is 1.05. The highest BCUT2D eigenvalue weighted by molar-refractivity contribution is 7.89. The van der Waals surface area contributed by atoms with Crippen molar-refractivity contribution >= 4 is 15.7 Å². The van der Waals surface area contributed by atoms with Crippen molar-refractivity contribution in [2.75, 3.05) is 50.5 Å². The predicted molar refractivity (Wildman–Crippen MR) is 102 cm³/mol. The smallest absolute Gasteiger partial charge is 0.217 e. The summed E-state index contributed by atoms with van der Waals surface area (Å²) < 4.78 is 49.9. The lowest BCUT2D eigenvalue weighted by atomic mass is 10.2. The highest BCUT2D eigenvalue weighted by atomic mass is 32.2. The summed E-state index contributed by atoms with van der Waals surface area (Å²) in [5, 5.41) is 0. The molecule has 6 nitrogen and oxygen atoms in total. The summed E-state index contributed by atoms with van der Waals surface area (Å²) in [6.07, 6.45) is 0. The summed E-state index contributed by atoms with van der Waals surface area (Å²) in [6.45, 7) is 2.16. The van der Waals surface area contributed by atoms with Gasteiger partial charge in [0.1, 0.15) is 23.9 Å². The largest absolute Gasteiger partial charge is 0.497 e. The molecule has 1 aliphatic rings. The van der Waals surface area contributed by atoms with Crippen molar-refractivity contribution in [2.45, 2.75) is 0 Å². The van der Waals surface area contributed by atoms with Gasteiger partial charge in [0.05, 0.1) is 12.9 Å². The van der Waals surface area contributed by atoms with Crippen LogP contribution < -0.4 is 14.4 Å². The Morgan fingerprint density at radius 3 is 2.11 bits per heavy atom. The molecular weight excluding hydrogens is 371 g/mol. The van der Waals surface area contributed by atoms with Gasteiger partial charge in [-0.25, -0.2) is 12.8 Å². The number of anilines is 1. The molecule has 0 aliphatic carbocycles. The zero-order chi connectivity index (χ0) is 19.3. The molecule has 1 heterocycles. The Morgan fingerprint density at radius 1 is 0.926 bits per heavy atom. The van der Waals surface area contributed by atoms with Crippen LogP contribution in [-0.4, -0.2) is 58.4 Å². The summed E-state index contributed by atoms with van der Waals surface area (Å²) in [5.74, 6) is 0.786. The van der Waals surface area contributed by atoms with Crippen molar-refractivity contribution < 1.29 is 22.3 Å². The van der Waals surface area contributed by atoms with Crippen LogP contribution in [0, 0.1) is 5.82 Å². The van der Waals surface area contributed by atoms with E-state index in [0.717, 1.165) is 11.4 Å². The maximum absolute atomic E-state index is 12.9. The number of rotatable bonds is 7. The quantitative estimate of drug-likeness (QED) is 0.722. The van der Waals surface area contributed by atoms with Crippen molar-refractivity contribution in [3.05, 3.63) is 54.3 Å². The monoisotopic (exact) mass is 394 g/mol. The van der Waals surface area contributed by atoms with Crippen molar-refractivity contribution in [1.29, 1.82) is 0 Å². The zero-order valence-electron chi connectivity index (χ0n) is 15.2. The van der Waals surface area contributed by atoms with Crippen LogP contribution in [0.15, 0.2) is 48.5 Å². The van der Waals surface area contributed by atoms with Gasteiger partial charge in [-0.05, 0) is 48.5 Å². The van der Waals surface area contributed by atoms with Gasteiger partial charge in [-0.1, -0.05) is 0 Å². The van der Waals surface area contributed by atoms with Crippen LogP contribution in [-0.2, 0) is 10.0 Å². The Labute approximate surface area is 159 Å². The Balaban J connectivity index is 1.49. The first-order chi connectivity index (χ1) is 13.0. The molecule has 0 unspecified atom stereocenters. The number of benzene rings is 2. The number of methoxy groups -OCH3 is 1. The third-order valence-corrected chi connectivity index (χ3v) is 6.33. The minimum atomic E-state index is -3.39. The van der Waals surface area contributed by atoms with Crippen LogP contribution in [0.25, 0.3) is 0 Å². The number of ether oxygens (including phenoxy) is 2. The van der Waals surface area contributed by atoms with E-state index in [4.69, 9.17) is 9.47 Å². The van der Waals surface area contributed by atoms with E-state index in [-0.39, 0.29) is 18.2 Å². The highest BCUT2D eigenvalue weighted by Crippen LogP contribution is 2.21. The summed E-state index contributed by atoms with van der Waals surface area (Å²) in [7, 11) is -1.77. The highest BCUT2D eigenvalue weighted by Gasteiger charge is 2.27. The second-order valence-electron chi connectivity index (χ2n) is 6.20. The van der Waals surface area contributed by atoms with Crippen LogP contribution in [0.5, 0.6) is 11.5 Å². The fourth-order valence-electron chi connectivity index (χ4n) is 2.94. The Morgan fingerprint density at radius 2 is 1.52 bits per heavy atom. The molecule has 1 aliphatic heterocycles. The molecule has 0 aromatic heterocycles. The molecule has 0 amide bonds. The van der Waals surface area contributed by atoms with Gasteiger partial charge in [-0.15, -0.1) is 0 Å². The van der Waals surface area contributed by atoms with E-state index in [1.807, 2.05) is 24.3 Å². The fraction of sp³-hybridized carbons (Fsp3) is 0.368. The third kappa shape index (κ3) is 5.11. The zero-order valence-corrected chi connectivity index (χ0v) is 16.0. The Bertz CT molecular complexity index is 833. The first-order valence-electron chi connectivity index (χ1n) is 8.73. The minimum Gasteiger partial charge on any atom is -0.497 e. The van der Waals surface area contributed by atoms with Crippen molar-refractivity contribution in [3.63, 3.8) is 0 Å². The molecule has 0 spiro atoms. The lowest BCUT2D eigenvalue weighted by Crippen LogP contribution is -2.49. The molecule has 8 heteroatoms. The van der Waals surface area contributed by atoms with Crippen LogP contribution >= 0.6 is 0 Å². The molecule has 0 saturated carbocycles. The van der Waals surface area contributed by atoms with Gasteiger partial charge < -0.3 is 14.4 Å². The number of hydrogen-bond donors (Lipinski definition) is 0. The van der Waals surface area contributed by atoms with E-state index < -0.39 is 10.0 Å². The molecule has 146 valence electrons. The standard InChI is InChI=1S/C19H23FN2O4S/c1-25-18-8-4-17(5-9-18)21-10-12-22(13-11-21)27(23,24)15-14-26-19-6-2-16(20)3-7-19/h2-9H,10-15H2,1H3. The summed E-state index contributed by atoms with van der Waals surface area (Å²) >= 11 is 0. The SMILES string of the molecule is COc1ccc(N2CCN(S(=O)(=O)CCOc3ccc(F)cc3)CC2)cc1. The normalized spacial score (nSPS) is 15.6. The molecule has 0 atom stereocenters. The number of hydrogen-bond acceptors (Lipinski definition) is 5. The third-order valence-electron chi connectivity index (χ3n) is 4.49. The minimum absolute atomic E-state index is 0.0344. The predicted octanol–water partition coefficient (Wildman–Crippen LogP) is 2.37. The Hall–Kier alpha value is -2.32. The lowest BCUT2D eigenvalue weighted by Gasteiger charge is -2.35.